The van der Waals surface area contributed by atoms with Crippen LogP contribution < -0.4 is 5.32 Å². The Bertz CT molecular complexity index is 192. The Balaban J connectivity index is 1.70. The number of likely N-dealkylation sites (N-methyl/N-ethyl adjacent to an activating group) is 1. The average molecular weight is 226 g/mol. The van der Waals surface area contributed by atoms with Crippen LogP contribution in [-0.4, -0.2) is 49.8 Å². The van der Waals surface area contributed by atoms with Gasteiger partial charge in [0.2, 0.25) is 0 Å². The van der Waals surface area contributed by atoms with Crippen molar-refractivity contribution in [3.8, 4) is 0 Å². The lowest BCUT2D eigenvalue weighted by molar-refractivity contribution is 0.0728. The Morgan fingerprint density at radius 2 is 2.00 bits per heavy atom. The van der Waals surface area contributed by atoms with Gasteiger partial charge in [0.05, 0.1) is 0 Å². The van der Waals surface area contributed by atoms with E-state index in [0.29, 0.717) is 6.04 Å². The van der Waals surface area contributed by atoms with Gasteiger partial charge in [-0.05, 0) is 38.8 Å². The first-order valence-corrected chi connectivity index (χ1v) is 6.95. The summed E-state index contributed by atoms with van der Waals surface area (Å²) in [6.07, 6.45) is 6.57. The molecule has 2 aliphatic rings. The van der Waals surface area contributed by atoms with Crippen LogP contribution in [0.1, 0.15) is 39.0 Å². The summed E-state index contributed by atoms with van der Waals surface area (Å²) >= 11 is 0. The number of hydrogen-bond acceptors (Lipinski definition) is 3. The van der Waals surface area contributed by atoms with Crippen molar-refractivity contribution in [2.45, 2.75) is 51.1 Å². The maximum atomic E-state index is 5.38. The lowest BCUT2D eigenvalue weighted by Crippen LogP contribution is -2.48. The number of hydrogen-bond donors (Lipinski definition) is 1. The van der Waals surface area contributed by atoms with E-state index < -0.39 is 0 Å². The van der Waals surface area contributed by atoms with Crippen LogP contribution >= 0.6 is 0 Å². The summed E-state index contributed by atoms with van der Waals surface area (Å²) in [6, 6.07) is 1.48. The average Bonchev–Trinajstić information content (AvgIpc) is 2.38. The Labute approximate surface area is 99.5 Å². The fourth-order valence-electron chi connectivity index (χ4n) is 2.91. The van der Waals surface area contributed by atoms with Crippen molar-refractivity contribution in [3.05, 3.63) is 0 Å². The van der Waals surface area contributed by atoms with Crippen molar-refractivity contribution < 1.29 is 4.74 Å². The Morgan fingerprint density at radius 1 is 1.19 bits per heavy atom. The third-order valence-corrected chi connectivity index (χ3v) is 4.02. The van der Waals surface area contributed by atoms with Crippen molar-refractivity contribution in [2.75, 3.05) is 32.8 Å². The van der Waals surface area contributed by atoms with Gasteiger partial charge in [0.1, 0.15) is 0 Å². The van der Waals surface area contributed by atoms with E-state index in [1.54, 1.807) is 0 Å². The molecule has 2 aliphatic heterocycles. The number of rotatable bonds is 4. The predicted molar refractivity (Wildman–Crippen MR) is 66.7 cm³/mol. The van der Waals surface area contributed by atoms with E-state index in [2.05, 4.69) is 17.1 Å². The van der Waals surface area contributed by atoms with Crippen LogP contribution in [0.25, 0.3) is 0 Å². The molecule has 0 aromatic rings. The second-order valence-electron chi connectivity index (χ2n) is 5.07. The largest absolute Gasteiger partial charge is 0.381 e. The van der Waals surface area contributed by atoms with Crippen LogP contribution in [0, 0.1) is 0 Å². The summed E-state index contributed by atoms with van der Waals surface area (Å²) in [5.74, 6) is 0. The molecule has 94 valence electrons. The van der Waals surface area contributed by atoms with Gasteiger partial charge in [-0.1, -0.05) is 13.3 Å². The molecule has 1 atom stereocenters. The highest BCUT2D eigenvalue weighted by atomic mass is 16.5. The molecule has 0 aromatic carbocycles. The van der Waals surface area contributed by atoms with Crippen molar-refractivity contribution in [3.63, 3.8) is 0 Å². The molecule has 3 heteroatoms. The minimum Gasteiger partial charge on any atom is -0.381 e. The van der Waals surface area contributed by atoms with Crippen molar-refractivity contribution in [1.82, 2.24) is 10.2 Å². The SMILES string of the molecule is CCN1CCCCC1CNC1CCOCC1. The third kappa shape index (κ3) is 3.44. The molecule has 16 heavy (non-hydrogen) atoms. The molecule has 1 unspecified atom stereocenters. The van der Waals surface area contributed by atoms with E-state index in [1.165, 1.54) is 51.7 Å². The van der Waals surface area contributed by atoms with Gasteiger partial charge in [0.25, 0.3) is 0 Å². The zero-order valence-electron chi connectivity index (χ0n) is 10.6. The summed E-state index contributed by atoms with van der Waals surface area (Å²) in [5, 5.41) is 3.73. The molecule has 2 fully saturated rings. The molecule has 2 saturated heterocycles. The second-order valence-corrected chi connectivity index (χ2v) is 5.07. The molecule has 0 bridgehead atoms. The number of likely N-dealkylation sites (tertiary alicyclic amines) is 1. The molecular weight excluding hydrogens is 200 g/mol. The van der Waals surface area contributed by atoms with E-state index >= 15 is 0 Å². The number of ether oxygens (including phenoxy) is 1. The fraction of sp³-hybridized carbons (Fsp3) is 1.00. The molecular formula is C13H26N2O. The molecule has 0 amide bonds. The quantitative estimate of drug-likeness (QED) is 0.788. The van der Waals surface area contributed by atoms with Gasteiger partial charge in [0.15, 0.2) is 0 Å². The maximum Gasteiger partial charge on any atom is 0.0480 e. The molecule has 0 aliphatic carbocycles. The molecule has 2 heterocycles. The standard InChI is InChI=1S/C13H26N2O/c1-2-15-8-4-3-5-13(15)11-14-12-6-9-16-10-7-12/h12-14H,2-11H2,1H3. The molecule has 3 nitrogen and oxygen atoms in total. The Kier molecular flexibility index (Phi) is 5.07. The van der Waals surface area contributed by atoms with Crippen molar-refractivity contribution >= 4 is 0 Å². The minimum atomic E-state index is 0.703. The van der Waals surface area contributed by atoms with Crippen LogP contribution in [0.15, 0.2) is 0 Å². The summed E-state index contributed by atoms with van der Waals surface area (Å²) in [7, 11) is 0. The molecule has 0 aromatic heterocycles. The van der Waals surface area contributed by atoms with Crippen LogP contribution in [-0.2, 0) is 4.74 Å². The highest BCUT2D eigenvalue weighted by Gasteiger charge is 2.22. The normalized spacial score (nSPS) is 29.4. The number of piperidine rings is 1. The van der Waals surface area contributed by atoms with Gasteiger partial charge in [0, 0.05) is 31.8 Å². The van der Waals surface area contributed by atoms with Gasteiger partial charge >= 0.3 is 0 Å². The highest BCUT2D eigenvalue weighted by Crippen LogP contribution is 2.16. The summed E-state index contributed by atoms with van der Waals surface area (Å²) in [6.45, 7) is 7.86. The zero-order chi connectivity index (χ0) is 11.2. The van der Waals surface area contributed by atoms with E-state index in [4.69, 9.17) is 4.74 Å². The van der Waals surface area contributed by atoms with Crippen LogP contribution in [0.4, 0.5) is 0 Å². The molecule has 0 spiro atoms. The maximum absolute atomic E-state index is 5.38. The van der Waals surface area contributed by atoms with Crippen LogP contribution in [0.3, 0.4) is 0 Å². The lowest BCUT2D eigenvalue weighted by Gasteiger charge is -2.36. The second kappa shape index (κ2) is 6.58. The van der Waals surface area contributed by atoms with Gasteiger partial charge < -0.3 is 10.1 Å². The van der Waals surface area contributed by atoms with Crippen molar-refractivity contribution in [2.24, 2.45) is 0 Å². The highest BCUT2D eigenvalue weighted by molar-refractivity contribution is 4.80. The zero-order valence-corrected chi connectivity index (χ0v) is 10.6. The number of nitrogens with zero attached hydrogens (tertiary/aromatic N) is 1. The lowest BCUT2D eigenvalue weighted by atomic mass is 10.0. The Hall–Kier alpha value is -0.120. The third-order valence-electron chi connectivity index (χ3n) is 4.02. The Morgan fingerprint density at radius 3 is 2.75 bits per heavy atom. The minimum absolute atomic E-state index is 0.703. The molecule has 0 saturated carbocycles. The predicted octanol–water partition coefficient (Wildman–Crippen LogP) is 1.63. The summed E-state index contributed by atoms with van der Waals surface area (Å²) in [5.41, 5.74) is 0. The fourth-order valence-corrected chi connectivity index (χ4v) is 2.91. The van der Waals surface area contributed by atoms with E-state index in [-0.39, 0.29) is 0 Å². The monoisotopic (exact) mass is 226 g/mol. The van der Waals surface area contributed by atoms with Gasteiger partial charge in [-0.15, -0.1) is 0 Å². The van der Waals surface area contributed by atoms with Crippen LogP contribution in [0.2, 0.25) is 0 Å². The van der Waals surface area contributed by atoms with Crippen LogP contribution in [0.5, 0.6) is 0 Å². The summed E-state index contributed by atoms with van der Waals surface area (Å²) < 4.78 is 5.38. The van der Waals surface area contributed by atoms with Crippen molar-refractivity contribution in [1.29, 1.82) is 0 Å². The molecule has 2 rings (SSSR count). The van der Waals surface area contributed by atoms with E-state index in [1.807, 2.05) is 0 Å². The molecule has 0 radical (unpaired) electrons. The van der Waals surface area contributed by atoms with E-state index in [0.717, 1.165) is 19.3 Å². The topological polar surface area (TPSA) is 24.5 Å². The summed E-state index contributed by atoms with van der Waals surface area (Å²) in [4.78, 5) is 2.63. The number of nitrogens with one attached hydrogen (secondary N) is 1. The first-order valence-electron chi connectivity index (χ1n) is 6.95. The van der Waals surface area contributed by atoms with Gasteiger partial charge in [-0.2, -0.15) is 0 Å². The molecule has 1 N–H and O–H groups in total. The first-order chi connectivity index (χ1) is 7.90. The van der Waals surface area contributed by atoms with Gasteiger partial charge in [-0.3, -0.25) is 4.90 Å². The first kappa shape index (κ1) is 12.3. The van der Waals surface area contributed by atoms with Gasteiger partial charge in [-0.25, -0.2) is 0 Å². The smallest absolute Gasteiger partial charge is 0.0480 e. The van der Waals surface area contributed by atoms with E-state index in [9.17, 15) is 0 Å².